The molecule has 0 amide bonds. The Labute approximate surface area is 129 Å². The fourth-order valence-electron chi connectivity index (χ4n) is 3.95. The van der Waals surface area contributed by atoms with E-state index in [1.165, 1.54) is 50.9 Å². The normalized spacial score (nSPS) is 28.5. The quantitative estimate of drug-likeness (QED) is 0.864. The van der Waals surface area contributed by atoms with Crippen molar-refractivity contribution in [2.75, 3.05) is 32.4 Å². The highest BCUT2D eigenvalue weighted by atomic mass is 15.3. The predicted octanol–water partition coefficient (Wildman–Crippen LogP) is 2.93. The van der Waals surface area contributed by atoms with Crippen molar-refractivity contribution in [2.24, 2.45) is 0 Å². The summed E-state index contributed by atoms with van der Waals surface area (Å²) in [4.78, 5) is 5.32. The SMILES string of the molecule is CC(CCN1CCC2CCC(C1)N2C)c1ccc(N)cc1. The number of nitrogens with zero attached hydrogens (tertiary/aromatic N) is 2. The van der Waals surface area contributed by atoms with E-state index in [4.69, 9.17) is 5.73 Å². The van der Waals surface area contributed by atoms with E-state index >= 15 is 0 Å². The second-order valence-corrected chi connectivity index (χ2v) is 7.00. The summed E-state index contributed by atoms with van der Waals surface area (Å²) in [5, 5.41) is 0. The second-order valence-electron chi connectivity index (χ2n) is 7.00. The van der Waals surface area contributed by atoms with Gasteiger partial charge in [-0.05, 0) is 69.4 Å². The van der Waals surface area contributed by atoms with E-state index in [0.717, 1.165) is 17.8 Å². The molecule has 0 aliphatic carbocycles. The fourth-order valence-corrected chi connectivity index (χ4v) is 3.95. The van der Waals surface area contributed by atoms with Crippen LogP contribution in [-0.2, 0) is 0 Å². The molecular formula is C18H29N3. The van der Waals surface area contributed by atoms with E-state index in [0.29, 0.717) is 5.92 Å². The van der Waals surface area contributed by atoms with Crippen LogP contribution in [0, 0.1) is 0 Å². The number of hydrogen-bond donors (Lipinski definition) is 1. The van der Waals surface area contributed by atoms with Crippen LogP contribution in [-0.4, -0.2) is 48.6 Å². The highest BCUT2D eigenvalue weighted by Gasteiger charge is 2.34. The summed E-state index contributed by atoms with van der Waals surface area (Å²) in [6, 6.07) is 10.0. The van der Waals surface area contributed by atoms with Gasteiger partial charge < -0.3 is 10.6 Å². The van der Waals surface area contributed by atoms with Crippen LogP contribution in [0.25, 0.3) is 0 Å². The fraction of sp³-hybridized carbons (Fsp3) is 0.667. The molecule has 0 saturated carbocycles. The third-order valence-corrected chi connectivity index (χ3v) is 5.62. The van der Waals surface area contributed by atoms with Crippen LogP contribution >= 0.6 is 0 Å². The van der Waals surface area contributed by atoms with Crippen molar-refractivity contribution in [3.63, 3.8) is 0 Å². The Hall–Kier alpha value is -1.06. The van der Waals surface area contributed by atoms with E-state index < -0.39 is 0 Å². The molecule has 3 heteroatoms. The van der Waals surface area contributed by atoms with Gasteiger partial charge in [-0.3, -0.25) is 4.90 Å². The van der Waals surface area contributed by atoms with Crippen molar-refractivity contribution in [3.8, 4) is 0 Å². The van der Waals surface area contributed by atoms with Crippen molar-refractivity contribution in [1.82, 2.24) is 9.80 Å². The molecule has 0 spiro atoms. The monoisotopic (exact) mass is 287 g/mol. The second kappa shape index (κ2) is 6.37. The summed E-state index contributed by atoms with van der Waals surface area (Å²) in [5.74, 6) is 0.615. The minimum atomic E-state index is 0.615. The van der Waals surface area contributed by atoms with Crippen LogP contribution in [0.3, 0.4) is 0 Å². The zero-order chi connectivity index (χ0) is 14.8. The molecule has 0 aromatic heterocycles. The summed E-state index contributed by atoms with van der Waals surface area (Å²) >= 11 is 0. The molecule has 2 N–H and O–H groups in total. The molecular weight excluding hydrogens is 258 g/mol. The van der Waals surface area contributed by atoms with E-state index in [2.05, 4.69) is 35.9 Å². The van der Waals surface area contributed by atoms with E-state index in [-0.39, 0.29) is 0 Å². The van der Waals surface area contributed by atoms with Crippen LogP contribution in [0.4, 0.5) is 5.69 Å². The highest BCUT2D eigenvalue weighted by molar-refractivity contribution is 5.40. The molecule has 0 radical (unpaired) electrons. The third kappa shape index (κ3) is 3.41. The summed E-state index contributed by atoms with van der Waals surface area (Å²) in [6.07, 6.45) is 5.40. The molecule has 3 unspecified atom stereocenters. The van der Waals surface area contributed by atoms with Crippen LogP contribution in [0.2, 0.25) is 0 Å². The topological polar surface area (TPSA) is 32.5 Å². The van der Waals surface area contributed by atoms with Crippen LogP contribution in [0.5, 0.6) is 0 Å². The first-order valence-corrected chi connectivity index (χ1v) is 8.43. The lowest BCUT2D eigenvalue weighted by Crippen LogP contribution is -2.37. The molecule has 1 aromatic carbocycles. The van der Waals surface area contributed by atoms with Crippen molar-refractivity contribution < 1.29 is 0 Å². The van der Waals surface area contributed by atoms with Crippen molar-refractivity contribution in [2.45, 2.75) is 50.6 Å². The molecule has 3 rings (SSSR count). The van der Waals surface area contributed by atoms with Crippen LogP contribution < -0.4 is 5.73 Å². The number of likely N-dealkylation sites (N-methyl/N-ethyl adjacent to an activating group) is 1. The smallest absolute Gasteiger partial charge is 0.0314 e. The number of nitrogens with two attached hydrogens (primary N) is 1. The van der Waals surface area contributed by atoms with Crippen molar-refractivity contribution >= 4 is 5.69 Å². The lowest BCUT2D eigenvalue weighted by atomic mass is 9.97. The van der Waals surface area contributed by atoms with Gasteiger partial charge in [0.25, 0.3) is 0 Å². The Morgan fingerprint density at radius 1 is 1.14 bits per heavy atom. The molecule has 2 fully saturated rings. The van der Waals surface area contributed by atoms with Crippen molar-refractivity contribution in [3.05, 3.63) is 29.8 Å². The van der Waals surface area contributed by atoms with Gasteiger partial charge in [0, 0.05) is 24.3 Å². The average molecular weight is 287 g/mol. The predicted molar refractivity (Wildman–Crippen MR) is 89.5 cm³/mol. The number of nitrogen functional groups attached to an aromatic ring is 1. The number of rotatable bonds is 4. The van der Waals surface area contributed by atoms with Crippen LogP contribution in [0.15, 0.2) is 24.3 Å². The Balaban J connectivity index is 1.52. The molecule has 2 saturated heterocycles. The Bertz CT molecular complexity index is 456. The van der Waals surface area contributed by atoms with Gasteiger partial charge in [-0.15, -0.1) is 0 Å². The average Bonchev–Trinajstić information content (AvgIpc) is 2.72. The Morgan fingerprint density at radius 3 is 2.62 bits per heavy atom. The van der Waals surface area contributed by atoms with Gasteiger partial charge in [0.05, 0.1) is 0 Å². The summed E-state index contributed by atoms with van der Waals surface area (Å²) in [5.41, 5.74) is 8.04. The summed E-state index contributed by atoms with van der Waals surface area (Å²) < 4.78 is 0. The standard InChI is InChI=1S/C18H29N3/c1-14(15-3-5-16(19)6-4-15)9-11-21-12-10-17-7-8-18(13-21)20(17)2/h3-6,14,17-18H,7-13,19H2,1-2H3. The van der Waals surface area contributed by atoms with E-state index in [1.807, 2.05) is 12.1 Å². The molecule has 116 valence electrons. The van der Waals surface area contributed by atoms with Gasteiger partial charge in [0.2, 0.25) is 0 Å². The zero-order valence-electron chi connectivity index (χ0n) is 13.5. The maximum atomic E-state index is 5.77. The molecule has 1 aromatic rings. The number of fused-ring (bicyclic) bond motifs is 2. The van der Waals surface area contributed by atoms with Crippen LogP contribution in [0.1, 0.15) is 44.1 Å². The molecule has 3 nitrogen and oxygen atoms in total. The minimum Gasteiger partial charge on any atom is -0.399 e. The van der Waals surface area contributed by atoms with E-state index in [9.17, 15) is 0 Å². The van der Waals surface area contributed by atoms with Gasteiger partial charge >= 0.3 is 0 Å². The first-order chi connectivity index (χ1) is 10.1. The van der Waals surface area contributed by atoms with Gasteiger partial charge in [-0.2, -0.15) is 0 Å². The van der Waals surface area contributed by atoms with Gasteiger partial charge in [-0.25, -0.2) is 0 Å². The Kier molecular flexibility index (Phi) is 4.51. The zero-order valence-corrected chi connectivity index (χ0v) is 13.5. The largest absolute Gasteiger partial charge is 0.399 e. The molecule has 2 aliphatic heterocycles. The lowest BCUT2D eigenvalue weighted by Gasteiger charge is -2.26. The summed E-state index contributed by atoms with van der Waals surface area (Å²) in [7, 11) is 2.32. The molecule has 2 aliphatic rings. The number of likely N-dealkylation sites (tertiary alicyclic amines) is 1. The molecule has 21 heavy (non-hydrogen) atoms. The maximum Gasteiger partial charge on any atom is 0.0314 e. The Morgan fingerprint density at radius 2 is 1.86 bits per heavy atom. The van der Waals surface area contributed by atoms with E-state index in [1.54, 1.807) is 0 Å². The first kappa shape index (κ1) is 14.9. The first-order valence-electron chi connectivity index (χ1n) is 8.43. The van der Waals surface area contributed by atoms with Crippen molar-refractivity contribution in [1.29, 1.82) is 0 Å². The van der Waals surface area contributed by atoms with Gasteiger partial charge in [0.1, 0.15) is 0 Å². The number of anilines is 1. The highest BCUT2D eigenvalue weighted by Crippen LogP contribution is 2.29. The molecule has 3 atom stereocenters. The molecule has 2 heterocycles. The van der Waals surface area contributed by atoms with Gasteiger partial charge in [0.15, 0.2) is 0 Å². The number of benzene rings is 1. The minimum absolute atomic E-state index is 0.615. The van der Waals surface area contributed by atoms with Gasteiger partial charge in [-0.1, -0.05) is 19.1 Å². The molecule has 2 bridgehead atoms. The third-order valence-electron chi connectivity index (χ3n) is 5.62. The lowest BCUT2D eigenvalue weighted by molar-refractivity contribution is 0.215. The number of hydrogen-bond acceptors (Lipinski definition) is 3. The summed E-state index contributed by atoms with van der Waals surface area (Å²) in [6.45, 7) is 6.10. The maximum absolute atomic E-state index is 5.77.